The van der Waals surface area contributed by atoms with Crippen LogP contribution in [0.5, 0.6) is 0 Å². The van der Waals surface area contributed by atoms with Crippen LogP contribution in [0.3, 0.4) is 0 Å². The molecule has 0 N–H and O–H groups in total. The summed E-state index contributed by atoms with van der Waals surface area (Å²) >= 11 is 0. The zero-order valence-corrected chi connectivity index (χ0v) is 16.4. The molecule has 1 fully saturated rings. The Morgan fingerprint density at radius 1 is 1.37 bits per heavy atom. The molecule has 144 valence electrons. The molecule has 0 aromatic heterocycles. The SMILES string of the molecule is CC(C)N(C)C(=O)C1=NOC2(CCN(S(=O)(=O)c3ccc(C#N)cc3)C2)C1. The van der Waals surface area contributed by atoms with Crippen LogP contribution in [-0.4, -0.2) is 61.0 Å². The molecule has 2 aliphatic rings. The molecule has 1 amide bonds. The summed E-state index contributed by atoms with van der Waals surface area (Å²) < 4.78 is 27.1. The third kappa shape index (κ3) is 3.55. The van der Waals surface area contributed by atoms with E-state index >= 15 is 0 Å². The maximum atomic E-state index is 12.9. The van der Waals surface area contributed by atoms with Gasteiger partial charge in [-0.15, -0.1) is 0 Å². The molecule has 1 aromatic carbocycles. The first-order valence-corrected chi connectivity index (χ1v) is 10.1. The standard InChI is InChI=1S/C18H22N4O4S/c1-13(2)21(3)17(23)16-10-18(26-20-16)8-9-22(12-18)27(24,25)15-6-4-14(11-19)5-7-15/h4-7,13H,8-10,12H2,1-3H3. The minimum atomic E-state index is -3.70. The highest BCUT2D eigenvalue weighted by Gasteiger charge is 2.50. The quantitative estimate of drug-likeness (QED) is 0.772. The summed E-state index contributed by atoms with van der Waals surface area (Å²) in [5.74, 6) is -0.199. The number of hydrogen-bond donors (Lipinski definition) is 0. The predicted molar refractivity (Wildman–Crippen MR) is 98.3 cm³/mol. The van der Waals surface area contributed by atoms with Crippen molar-refractivity contribution in [3.63, 3.8) is 0 Å². The third-order valence-corrected chi connectivity index (χ3v) is 6.94. The zero-order valence-electron chi connectivity index (χ0n) is 15.5. The number of oxime groups is 1. The summed E-state index contributed by atoms with van der Waals surface area (Å²) in [7, 11) is -1.99. The van der Waals surface area contributed by atoms with Crippen LogP contribution in [-0.2, 0) is 19.7 Å². The molecule has 0 saturated carbocycles. The van der Waals surface area contributed by atoms with E-state index in [0.717, 1.165) is 0 Å². The molecule has 1 atom stereocenters. The Bertz CT molecular complexity index is 918. The van der Waals surface area contributed by atoms with Gasteiger partial charge in [-0.05, 0) is 38.1 Å². The Balaban J connectivity index is 1.72. The molecule has 1 unspecified atom stereocenters. The van der Waals surface area contributed by atoms with Gasteiger partial charge in [-0.2, -0.15) is 9.57 Å². The van der Waals surface area contributed by atoms with Crippen LogP contribution >= 0.6 is 0 Å². The monoisotopic (exact) mass is 390 g/mol. The van der Waals surface area contributed by atoms with Gasteiger partial charge in [-0.1, -0.05) is 5.16 Å². The van der Waals surface area contributed by atoms with Crippen molar-refractivity contribution in [2.24, 2.45) is 5.16 Å². The van der Waals surface area contributed by atoms with Crippen LogP contribution in [0, 0.1) is 11.3 Å². The molecule has 1 spiro atoms. The number of carbonyl (C=O) groups excluding carboxylic acids is 1. The van der Waals surface area contributed by atoms with E-state index in [1.807, 2.05) is 19.9 Å². The van der Waals surface area contributed by atoms with Crippen LogP contribution in [0.2, 0.25) is 0 Å². The van der Waals surface area contributed by atoms with Gasteiger partial charge in [0.2, 0.25) is 10.0 Å². The lowest BCUT2D eigenvalue weighted by atomic mass is 9.96. The van der Waals surface area contributed by atoms with Gasteiger partial charge in [0, 0.05) is 32.5 Å². The summed E-state index contributed by atoms with van der Waals surface area (Å²) in [6, 6.07) is 7.82. The summed E-state index contributed by atoms with van der Waals surface area (Å²) in [4.78, 5) is 19.7. The van der Waals surface area contributed by atoms with Crippen molar-refractivity contribution >= 4 is 21.6 Å². The summed E-state index contributed by atoms with van der Waals surface area (Å²) in [6.45, 7) is 4.25. The summed E-state index contributed by atoms with van der Waals surface area (Å²) in [5, 5.41) is 12.8. The number of carbonyl (C=O) groups is 1. The highest BCUT2D eigenvalue weighted by atomic mass is 32.2. The zero-order chi connectivity index (χ0) is 19.8. The molecular formula is C18H22N4O4S. The molecule has 8 nitrogen and oxygen atoms in total. The average molecular weight is 390 g/mol. The normalized spacial score (nSPS) is 22.6. The summed E-state index contributed by atoms with van der Waals surface area (Å²) in [6.07, 6.45) is 0.760. The molecule has 1 saturated heterocycles. The largest absolute Gasteiger partial charge is 0.387 e. The van der Waals surface area contributed by atoms with Crippen molar-refractivity contribution in [2.75, 3.05) is 20.1 Å². The van der Waals surface area contributed by atoms with Crippen LogP contribution in [0.4, 0.5) is 0 Å². The van der Waals surface area contributed by atoms with Gasteiger partial charge in [0.25, 0.3) is 5.91 Å². The van der Waals surface area contributed by atoms with Gasteiger partial charge >= 0.3 is 0 Å². The van der Waals surface area contributed by atoms with Gasteiger partial charge in [0.1, 0.15) is 5.71 Å². The molecule has 0 aliphatic carbocycles. The molecule has 3 rings (SSSR count). The van der Waals surface area contributed by atoms with E-state index < -0.39 is 15.6 Å². The molecule has 2 heterocycles. The van der Waals surface area contributed by atoms with Crippen molar-refractivity contribution in [2.45, 2.75) is 43.2 Å². The lowest BCUT2D eigenvalue weighted by Crippen LogP contribution is -2.40. The molecule has 27 heavy (non-hydrogen) atoms. The van der Waals surface area contributed by atoms with Gasteiger partial charge in [0.05, 0.1) is 23.1 Å². The number of sulfonamides is 1. The lowest BCUT2D eigenvalue weighted by Gasteiger charge is -2.23. The van der Waals surface area contributed by atoms with E-state index in [1.54, 1.807) is 11.9 Å². The first kappa shape index (κ1) is 19.3. The maximum absolute atomic E-state index is 12.9. The Morgan fingerprint density at radius 3 is 2.63 bits per heavy atom. The van der Waals surface area contributed by atoms with Crippen LogP contribution in [0.15, 0.2) is 34.3 Å². The molecule has 0 radical (unpaired) electrons. The van der Waals surface area contributed by atoms with Crippen molar-refractivity contribution in [1.82, 2.24) is 9.21 Å². The highest BCUT2D eigenvalue weighted by molar-refractivity contribution is 7.89. The topological polar surface area (TPSA) is 103 Å². The fourth-order valence-corrected chi connectivity index (χ4v) is 4.67. The lowest BCUT2D eigenvalue weighted by molar-refractivity contribution is -0.124. The molecule has 9 heteroatoms. The number of amides is 1. The smallest absolute Gasteiger partial charge is 0.271 e. The molecule has 0 bridgehead atoms. The Morgan fingerprint density at radius 2 is 2.04 bits per heavy atom. The fraction of sp³-hybridized carbons (Fsp3) is 0.500. The van der Waals surface area contributed by atoms with Crippen molar-refractivity contribution < 1.29 is 18.0 Å². The van der Waals surface area contributed by atoms with Crippen LogP contribution in [0.1, 0.15) is 32.3 Å². The number of nitrogens with zero attached hydrogens (tertiary/aromatic N) is 4. The van der Waals surface area contributed by atoms with Crippen molar-refractivity contribution in [3.05, 3.63) is 29.8 Å². The molecular weight excluding hydrogens is 368 g/mol. The van der Waals surface area contributed by atoms with E-state index in [1.165, 1.54) is 28.6 Å². The predicted octanol–water partition coefficient (Wildman–Crippen LogP) is 1.33. The number of benzene rings is 1. The van der Waals surface area contributed by atoms with Crippen LogP contribution in [0.25, 0.3) is 0 Å². The Labute approximate surface area is 159 Å². The van der Waals surface area contributed by atoms with E-state index in [-0.39, 0.29) is 23.4 Å². The maximum Gasteiger partial charge on any atom is 0.271 e. The van der Waals surface area contributed by atoms with Crippen LogP contribution < -0.4 is 0 Å². The average Bonchev–Trinajstić information content (AvgIpc) is 3.28. The van der Waals surface area contributed by atoms with E-state index in [4.69, 9.17) is 10.1 Å². The second-order valence-corrected chi connectivity index (χ2v) is 9.16. The Hall–Kier alpha value is -2.44. The second-order valence-electron chi connectivity index (χ2n) is 7.22. The highest BCUT2D eigenvalue weighted by Crippen LogP contribution is 2.36. The minimum absolute atomic E-state index is 0.0357. The van der Waals surface area contributed by atoms with Crippen molar-refractivity contribution in [1.29, 1.82) is 5.26 Å². The first-order chi connectivity index (χ1) is 12.7. The number of hydrogen-bond acceptors (Lipinski definition) is 6. The van der Waals surface area contributed by atoms with E-state index in [9.17, 15) is 13.2 Å². The van der Waals surface area contributed by atoms with Gasteiger partial charge in [-0.25, -0.2) is 8.42 Å². The number of rotatable bonds is 4. The van der Waals surface area contributed by atoms with Crippen molar-refractivity contribution in [3.8, 4) is 6.07 Å². The number of nitriles is 1. The van der Waals surface area contributed by atoms with E-state index in [0.29, 0.717) is 30.7 Å². The molecule has 2 aliphatic heterocycles. The van der Waals surface area contributed by atoms with E-state index in [2.05, 4.69) is 5.16 Å². The minimum Gasteiger partial charge on any atom is -0.387 e. The third-order valence-electron chi connectivity index (χ3n) is 5.08. The molecule has 1 aromatic rings. The first-order valence-electron chi connectivity index (χ1n) is 8.71. The Kier molecular flexibility index (Phi) is 4.97. The van der Waals surface area contributed by atoms with Gasteiger partial charge < -0.3 is 9.74 Å². The van der Waals surface area contributed by atoms with Gasteiger partial charge in [-0.3, -0.25) is 4.79 Å². The van der Waals surface area contributed by atoms with Gasteiger partial charge in [0.15, 0.2) is 5.60 Å². The fourth-order valence-electron chi connectivity index (χ4n) is 3.16. The summed E-state index contributed by atoms with van der Waals surface area (Å²) in [5.41, 5.74) is -0.0664. The second kappa shape index (κ2) is 6.94.